The fraction of sp³-hybridized carbons (Fsp3) is 0.150. The van der Waals surface area contributed by atoms with Crippen molar-refractivity contribution in [1.82, 2.24) is 10.2 Å². The Morgan fingerprint density at radius 1 is 1.03 bits per heavy atom. The molecule has 2 aromatic carbocycles. The molecule has 1 aliphatic heterocycles. The Kier molecular flexibility index (Phi) is 6.16. The lowest BCUT2D eigenvalue weighted by Crippen LogP contribution is -2.14. The maximum Gasteiger partial charge on any atom is 0.234 e. The van der Waals surface area contributed by atoms with E-state index >= 15 is 0 Å². The first-order valence-electron chi connectivity index (χ1n) is 8.80. The van der Waals surface area contributed by atoms with Crippen molar-refractivity contribution in [2.45, 2.75) is 11.6 Å². The van der Waals surface area contributed by atoms with Gasteiger partial charge >= 0.3 is 0 Å². The van der Waals surface area contributed by atoms with Crippen LogP contribution >= 0.6 is 27.7 Å². The van der Waals surface area contributed by atoms with Crippen LogP contribution in [-0.2, 0) is 11.3 Å². The van der Waals surface area contributed by atoms with E-state index in [9.17, 15) is 4.79 Å². The molecule has 29 heavy (non-hydrogen) atoms. The topological polar surface area (TPSA) is 85.4 Å². The third-order valence-electron chi connectivity index (χ3n) is 4.03. The number of benzene rings is 2. The predicted octanol–water partition coefficient (Wildman–Crippen LogP) is 4.31. The number of amides is 1. The minimum atomic E-state index is -0.0934. The number of halogens is 1. The molecule has 2 heterocycles. The summed E-state index contributed by atoms with van der Waals surface area (Å²) in [6.45, 7) is 0.853. The second-order valence-electron chi connectivity index (χ2n) is 6.14. The highest BCUT2D eigenvalue weighted by Gasteiger charge is 2.13. The lowest BCUT2D eigenvalue weighted by molar-refractivity contribution is -0.113. The molecule has 0 radical (unpaired) electrons. The second-order valence-corrected chi connectivity index (χ2v) is 8.05. The lowest BCUT2D eigenvalue weighted by Gasteiger charge is -2.07. The number of aromatic nitrogens is 2. The molecule has 0 atom stereocenters. The zero-order chi connectivity index (χ0) is 20.1. The number of anilines is 2. The number of rotatable bonds is 7. The highest BCUT2D eigenvalue weighted by molar-refractivity contribution is 9.10. The van der Waals surface area contributed by atoms with Crippen molar-refractivity contribution < 1.29 is 14.3 Å². The Morgan fingerprint density at radius 2 is 1.86 bits per heavy atom. The minimum absolute atomic E-state index is 0.0934. The summed E-state index contributed by atoms with van der Waals surface area (Å²) in [6.07, 6.45) is 0. The molecule has 0 spiro atoms. The molecule has 0 bridgehead atoms. The predicted molar refractivity (Wildman–Crippen MR) is 115 cm³/mol. The van der Waals surface area contributed by atoms with E-state index in [1.54, 1.807) is 0 Å². The molecular weight excluding hydrogens is 456 g/mol. The average Bonchev–Trinajstić information content (AvgIpc) is 3.21. The van der Waals surface area contributed by atoms with Crippen LogP contribution in [-0.4, -0.2) is 28.7 Å². The Labute approximate surface area is 180 Å². The van der Waals surface area contributed by atoms with Gasteiger partial charge in [0.25, 0.3) is 0 Å². The number of thioether (sulfide) groups is 1. The first-order valence-corrected chi connectivity index (χ1v) is 10.6. The SMILES string of the molecule is O=C(CSc1ccc(NCc2ccc3c(c2)OCO3)nn1)Nc1ccc(Br)cc1. The summed E-state index contributed by atoms with van der Waals surface area (Å²) in [4.78, 5) is 12.1. The number of fused-ring (bicyclic) bond motifs is 1. The number of ether oxygens (including phenoxy) is 2. The van der Waals surface area contributed by atoms with E-state index in [-0.39, 0.29) is 18.5 Å². The van der Waals surface area contributed by atoms with Crippen molar-refractivity contribution in [3.63, 3.8) is 0 Å². The summed E-state index contributed by atoms with van der Waals surface area (Å²) in [5.41, 5.74) is 1.81. The number of carbonyl (C=O) groups excluding carboxylic acids is 1. The van der Waals surface area contributed by atoms with Gasteiger partial charge in [-0.3, -0.25) is 4.79 Å². The Bertz CT molecular complexity index is 1000. The van der Waals surface area contributed by atoms with E-state index in [2.05, 4.69) is 36.8 Å². The molecule has 1 amide bonds. The number of hydrogen-bond donors (Lipinski definition) is 2. The lowest BCUT2D eigenvalue weighted by atomic mass is 10.2. The summed E-state index contributed by atoms with van der Waals surface area (Å²) < 4.78 is 11.7. The highest BCUT2D eigenvalue weighted by atomic mass is 79.9. The molecule has 0 aliphatic carbocycles. The van der Waals surface area contributed by atoms with Crippen molar-refractivity contribution in [2.24, 2.45) is 0 Å². The van der Waals surface area contributed by atoms with Gasteiger partial charge in [0, 0.05) is 16.7 Å². The van der Waals surface area contributed by atoms with Crippen molar-refractivity contribution in [1.29, 1.82) is 0 Å². The van der Waals surface area contributed by atoms with Crippen LogP contribution in [0.1, 0.15) is 5.56 Å². The van der Waals surface area contributed by atoms with Crippen molar-refractivity contribution in [2.75, 3.05) is 23.2 Å². The first-order chi connectivity index (χ1) is 14.2. The van der Waals surface area contributed by atoms with Crippen LogP contribution in [0.3, 0.4) is 0 Å². The summed E-state index contributed by atoms with van der Waals surface area (Å²) >= 11 is 4.70. The van der Waals surface area contributed by atoms with E-state index in [0.29, 0.717) is 17.4 Å². The van der Waals surface area contributed by atoms with Gasteiger partial charge in [0.1, 0.15) is 10.8 Å². The zero-order valence-corrected chi connectivity index (χ0v) is 17.6. The molecule has 4 rings (SSSR count). The quantitative estimate of drug-likeness (QED) is 0.495. The monoisotopic (exact) mass is 472 g/mol. The summed E-state index contributed by atoms with van der Waals surface area (Å²) in [7, 11) is 0. The fourth-order valence-corrected chi connectivity index (χ4v) is 3.48. The number of nitrogens with zero attached hydrogens (tertiary/aromatic N) is 2. The molecule has 9 heteroatoms. The molecule has 2 N–H and O–H groups in total. The van der Waals surface area contributed by atoms with Gasteiger partial charge in [-0.1, -0.05) is 33.8 Å². The van der Waals surface area contributed by atoms with Crippen LogP contribution in [0.2, 0.25) is 0 Å². The normalized spacial score (nSPS) is 11.9. The number of hydrogen-bond acceptors (Lipinski definition) is 7. The standard InChI is InChI=1S/C20H17BrN4O3S/c21-14-2-4-15(5-3-14)23-19(26)11-29-20-8-7-18(24-25-20)22-10-13-1-6-16-17(9-13)28-12-27-16/h1-9H,10-12H2,(H,22,24)(H,23,26). The molecule has 148 valence electrons. The van der Waals surface area contributed by atoms with Crippen molar-refractivity contribution in [3.8, 4) is 11.5 Å². The van der Waals surface area contributed by atoms with Gasteiger partial charge in [-0.15, -0.1) is 10.2 Å². The van der Waals surface area contributed by atoms with Gasteiger partial charge in [0.2, 0.25) is 12.7 Å². The maximum absolute atomic E-state index is 12.1. The Morgan fingerprint density at radius 3 is 2.66 bits per heavy atom. The van der Waals surface area contributed by atoms with E-state index in [1.807, 2.05) is 54.6 Å². The molecule has 0 fully saturated rings. The van der Waals surface area contributed by atoms with Crippen LogP contribution in [0, 0.1) is 0 Å². The van der Waals surface area contributed by atoms with Gasteiger partial charge in [-0.05, 0) is 54.1 Å². The van der Waals surface area contributed by atoms with E-state index in [4.69, 9.17) is 9.47 Å². The molecule has 3 aromatic rings. The van der Waals surface area contributed by atoms with Gasteiger partial charge in [-0.25, -0.2) is 0 Å². The summed E-state index contributed by atoms with van der Waals surface area (Å²) in [5, 5.41) is 15.1. The minimum Gasteiger partial charge on any atom is -0.454 e. The third-order valence-corrected chi connectivity index (χ3v) is 5.48. The van der Waals surface area contributed by atoms with Crippen LogP contribution in [0.25, 0.3) is 0 Å². The van der Waals surface area contributed by atoms with E-state index in [0.717, 1.165) is 27.2 Å². The second kappa shape index (κ2) is 9.15. The van der Waals surface area contributed by atoms with Crippen molar-refractivity contribution in [3.05, 3.63) is 64.6 Å². The zero-order valence-electron chi connectivity index (χ0n) is 15.2. The third kappa shape index (κ3) is 5.39. The molecule has 7 nitrogen and oxygen atoms in total. The maximum atomic E-state index is 12.1. The van der Waals surface area contributed by atoms with Gasteiger partial charge in [0.05, 0.1) is 5.75 Å². The number of carbonyl (C=O) groups is 1. The Hall–Kier alpha value is -2.78. The van der Waals surface area contributed by atoms with Gasteiger partial charge in [-0.2, -0.15) is 0 Å². The molecule has 0 saturated carbocycles. The highest BCUT2D eigenvalue weighted by Crippen LogP contribution is 2.32. The summed E-state index contributed by atoms with van der Waals surface area (Å²) in [5.74, 6) is 2.34. The molecular formula is C20H17BrN4O3S. The van der Waals surface area contributed by atoms with Crippen LogP contribution in [0.4, 0.5) is 11.5 Å². The average molecular weight is 473 g/mol. The van der Waals surface area contributed by atoms with Crippen LogP contribution < -0.4 is 20.1 Å². The first kappa shape index (κ1) is 19.5. The van der Waals surface area contributed by atoms with Crippen molar-refractivity contribution >= 4 is 45.1 Å². The number of nitrogens with one attached hydrogen (secondary N) is 2. The molecule has 0 unspecified atom stereocenters. The largest absolute Gasteiger partial charge is 0.454 e. The van der Waals surface area contributed by atoms with E-state index in [1.165, 1.54) is 11.8 Å². The van der Waals surface area contributed by atoms with Crippen LogP contribution in [0.5, 0.6) is 11.5 Å². The van der Waals surface area contributed by atoms with Gasteiger partial charge < -0.3 is 20.1 Å². The molecule has 1 aliphatic rings. The van der Waals surface area contributed by atoms with Crippen LogP contribution in [0.15, 0.2) is 64.1 Å². The summed E-state index contributed by atoms with van der Waals surface area (Å²) in [6, 6.07) is 16.9. The molecule has 1 aromatic heterocycles. The smallest absolute Gasteiger partial charge is 0.234 e. The Balaban J connectivity index is 1.24. The molecule has 0 saturated heterocycles. The fourth-order valence-electron chi connectivity index (χ4n) is 2.60. The van der Waals surface area contributed by atoms with E-state index < -0.39 is 0 Å². The van der Waals surface area contributed by atoms with Gasteiger partial charge in [0.15, 0.2) is 11.5 Å².